The van der Waals surface area contributed by atoms with Crippen LogP contribution in [0.25, 0.3) is 0 Å². The minimum absolute atomic E-state index is 0.478. The fraction of sp³-hybridized carbons (Fsp3) is 0.154. The maximum atomic E-state index is 5.98. The summed E-state index contributed by atoms with van der Waals surface area (Å²) in [6.07, 6.45) is 3.18. The molecule has 3 nitrogen and oxygen atoms in total. The molecule has 0 fully saturated rings. The zero-order valence-electron chi connectivity index (χ0n) is 9.70. The van der Waals surface area contributed by atoms with Gasteiger partial charge in [0.15, 0.2) is 0 Å². The van der Waals surface area contributed by atoms with Crippen LogP contribution in [0, 0.1) is 13.8 Å². The lowest BCUT2D eigenvalue weighted by atomic mass is 10.1. The van der Waals surface area contributed by atoms with Crippen molar-refractivity contribution < 1.29 is 4.74 Å². The number of pyridine rings is 1. The maximum absolute atomic E-state index is 5.98. The highest BCUT2D eigenvalue weighted by molar-refractivity contribution is 6.31. The number of hydrogen-bond acceptors (Lipinski definition) is 3. The molecule has 88 valence electrons. The van der Waals surface area contributed by atoms with Gasteiger partial charge in [0.05, 0.1) is 0 Å². The Kier molecular flexibility index (Phi) is 3.20. The molecule has 4 heteroatoms. The number of halogens is 1. The molecular weight excluding hydrogens is 236 g/mol. The first-order valence-corrected chi connectivity index (χ1v) is 5.60. The first kappa shape index (κ1) is 11.7. The first-order valence-electron chi connectivity index (χ1n) is 5.22. The Labute approximate surface area is 105 Å². The van der Waals surface area contributed by atoms with E-state index in [-0.39, 0.29) is 0 Å². The van der Waals surface area contributed by atoms with Crippen molar-refractivity contribution in [3.63, 3.8) is 0 Å². The SMILES string of the molecule is Cc1cc(C)c(Oc2ccncc2Cl)cc1N. The largest absolute Gasteiger partial charge is 0.455 e. The second-order valence-corrected chi connectivity index (χ2v) is 4.29. The van der Waals surface area contributed by atoms with Crippen LogP contribution in [0.5, 0.6) is 11.5 Å². The van der Waals surface area contributed by atoms with Crippen molar-refractivity contribution in [1.82, 2.24) is 4.98 Å². The van der Waals surface area contributed by atoms with Crippen LogP contribution in [0.2, 0.25) is 5.02 Å². The van der Waals surface area contributed by atoms with Gasteiger partial charge in [0.2, 0.25) is 0 Å². The molecule has 1 heterocycles. The second-order valence-electron chi connectivity index (χ2n) is 3.88. The Balaban J connectivity index is 2.37. The summed E-state index contributed by atoms with van der Waals surface area (Å²) in [6.45, 7) is 3.93. The molecule has 0 amide bonds. The van der Waals surface area contributed by atoms with Crippen LogP contribution >= 0.6 is 11.6 Å². The smallest absolute Gasteiger partial charge is 0.149 e. The van der Waals surface area contributed by atoms with Crippen LogP contribution in [0.3, 0.4) is 0 Å². The van der Waals surface area contributed by atoms with Gasteiger partial charge in [-0.15, -0.1) is 0 Å². The highest BCUT2D eigenvalue weighted by Crippen LogP contribution is 2.32. The van der Waals surface area contributed by atoms with Crippen LogP contribution in [0.15, 0.2) is 30.6 Å². The predicted molar refractivity (Wildman–Crippen MR) is 69.6 cm³/mol. The quantitative estimate of drug-likeness (QED) is 0.824. The van der Waals surface area contributed by atoms with Crippen molar-refractivity contribution in [2.24, 2.45) is 0 Å². The van der Waals surface area contributed by atoms with Gasteiger partial charge in [-0.2, -0.15) is 0 Å². The van der Waals surface area contributed by atoms with Gasteiger partial charge >= 0.3 is 0 Å². The summed E-state index contributed by atoms with van der Waals surface area (Å²) in [4.78, 5) is 3.90. The Morgan fingerprint density at radius 3 is 2.65 bits per heavy atom. The minimum Gasteiger partial charge on any atom is -0.455 e. The van der Waals surface area contributed by atoms with E-state index in [1.54, 1.807) is 24.5 Å². The van der Waals surface area contributed by atoms with Gasteiger partial charge in [-0.3, -0.25) is 4.98 Å². The van der Waals surface area contributed by atoms with Crippen molar-refractivity contribution in [2.75, 3.05) is 5.73 Å². The van der Waals surface area contributed by atoms with Gasteiger partial charge in [-0.05, 0) is 25.0 Å². The first-order chi connectivity index (χ1) is 8.08. The van der Waals surface area contributed by atoms with Gasteiger partial charge in [0.25, 0.3) is 0 Å². The number of benzene rings is 1. The molecule has 2 rings (SSSR count). The molecule has 1 aromatic carbocycles. The summed E-state index contributed by atoms with van der Waals surface area (Å²) >= 11 is 5.98. The Bertz CT molecular complexity index is 555. The molecule has 0 atom stereocenters. The van der Waals surface area contributed by atoms with E-state index in [1.165, 1.54) is 0 Å². The summed E-state index contributed by atoms with van der Waals surface area (Å²) in [6, 6.07) is 5.51. The fourth-order valence-electron chi connectivity index (χ4n) is 1.52. The summed E-state index contributed by atoms with van der Waals surface area (Å²) < 4.78 is 5.72. The molecule has 0 saturated carbocycles. The van der Waals surface area contributed by atoms with Gasteiger partial charge in [0, 0.05) is 30.2 Å². The van der Waals surface area contributed by atoms with E-state index in [2.05, 4.69) is 4.98 Å². The average molecular weight is 249 g/mol. The van der Waals surface area contributed by atoms with E-state index in [0.29, 0.717) is 22.2 Å². The lowest BCUT2D eigenvalue weighted by molar-refractivity contribution is 0.478. The molecule has 0 aliphatic carbocycles. The second kappa shape index (κ2) is 4.63. The molecular formula is C13H13ClN2O. The van der Waals surface area contributed by atoms with Crippen molar-refractivity contribution in [3.05, 3.63) is 46.7 Å². The number of hydrogen-bond donors (Lipinski definition) is 1. The third-order valence-electron chi connectivity index (χ3n) is 2.52. The number of ether oxygens (including phenoxy) is 1. The fourth-order valence-corrected chi connectivity index (χ4v) is 1.68. The van der Waals surface area contributed by atoms with Gasteiger partial charge in [0.1, 0.15) is 16.5 Å². The molecule has 0 unspecified atom stereocenters. The van der Waals surface area contributed by atoms with Crippen molar-refractivity contribution >= 4 is 17.3 Å². The maximum Gasteiger partial charge on any atom is 0.149 e. The zero-order valence-corrected chi connectivity index (χ0v) is 10.5. The number of nitrogens with zero attached hydrogens (tertiary/aromatic N) is 1. The van der Waals surface area contributed by atoms with Crippen molar-refractivity contribution in [1.29, 1.82) is 0 Å². The van der Waals surface area contributed by atoms with Crippen LogP contribution in [0.4, 0.5) is 5.69 Å². The van der Waals surface area contributed by atoms with Gasteiger partial charge in [-0.1, -0.05) is 17.7 Å². The highest BCUT2D eigenvalue weighted by atomic mass is 35.5. The molecule has 0 aliphatic heterocycles. The summed E-state index contributed by atoms with van der Waals surface area (Å²) in [5.74, 6) is 1.29. The Morgan fingerprint density at radius 1 is 1.18 bits per heavy atom. The van der Waals surface area contributed by atoms with Crippen LogP contribution < -0.4 is 10.5 Å². The standard InChI is InChI=1S/C13H13ClN2O/c1-8-5-9(2)13(6-11(8)15)17-12-3-4-16-7-10(12)14/h3-7H,15H2,1-2H3. The molecule has 0 saturated heterocycles. The van der Waals surface area contributed by atoms with E-state index in [0.717, 1.165) is 11.1 Å². The molecule has 0 bridgehead atoms. The van der Waals surface area contributed by atoms with E-state index >= 15 is 0 Å². The molecule has 2 aromatic rings. The number of nitrogen functional groups attached to an aromatic ring is 1. The minimum atomic E-state index is 0.478. The summed E-state index contributed by atoms with van der Waals surface area (Å²) in [5, 5.41) is 0.478. The van der Waals surface area contributed by atoms with E-state index in [1.807, 2.05) is 19.9 Å². The number of nitrogens with two attached hydrogens (primary N) is 1. The molecule has 0 aliphatic rings. The molecule has 0 spiro atoms. The van der Waals surface area contributed by atoms with Crippen LogP contribution in [-0.4, -0.2) is 4.98 Å². The molecule has 1 aromatic heterocycles. The number of rotatable bonds is 2. The highest BCUT2D eigenvalue weighted by Gasteiger charge is 2.07. The third kappa shape index (κ3) is 2.50. The number of aromatic nitrogens is 1. The molecule has 0 radical (unpaired) electrons. The topological polar surface area (TPSA) is 48.1 Å². The summed E-state index contributed by atoms with van der Waals surface area (Å²) in [7, 11) is 0. The molecule has 17 heavy (non-hydrogen) atoms. The van der Waals surface area contributed by atoms with Crippen LogP contribution in [0.1, 0.15) is 11.1 Å². The van der Waals surface area contributed by atoms with Gasteiger partial charge in [-0.25, -0.2) is 0 Å². The Morgan fingerprint density at radius 2 is 1.94 bits per heavy atom. The van der Waals surface area contributed by atoms with Crippen molar-refractivity contribution in [2.45, 2.75) is 13.8 Å². The zero-order chi connectivity index (χ0) is 12.4. The lowest BCUT2D eigenvalue weighted by Crippen LogP contribution is -1.94. The van der Waals surface area contributed by atoms with Gasteiger partial charge < -0.3 is 10.5 Å². The van der Waals surface area contributed by atoms with E-state index in [9.17, 15) is 0 Å². The normalized spacial score (nSPS) is 10.3. The average Bonchev–Trinajstić information content (AvgIpc) is 2.29. The lowest BCUT2D eigenvalue weighted by Gasteiger charge is -2.11. The predicted octanol–water partition coefficient (Wildman–Crippen LogP) is 3.73. The van der Waals surface area contributed by atoms with Crippen molar-refractivity contribution in [3.8, 4) is 11.5 Å². The monoisotopic (exact) mass is 248 g/mol. The Hall–Kier alpha value is -1.74. The van der Waals surface area contributed by atoms with E-state index < -0.39 is 0 Å². The van der Waals surface area contributed by atoms with Crippen LogP contribution in [-0.2, 0) is 0 Å². The van der Waals surface area contributed by atoms with E-state index in [4.69, 9.17) is 22.1 Å². The number of aryl methyl sites for hydroxylation is 2. The summed E-state index contributed by atoms with van der Waals surface area (Å²) in [5.41, 5.74) is 8.62. The number of anilines is 1. The molecule has 2 N–H and O–H groups in total. The third-order valence-corrected chi connectivity index (χ3v) is 2.80.